The number of fused-ring (bicyclic) bond motifs is 3. The van der Waals surface area contributed by atoms with Gasteiger partial charge in [-0.2, -0.15) is 0 Å². The Morgan fingerprint density at radius 1 is 1.24 bits per heavy atom. The third-order valence-electron chi connectivity index (χ3n) is 5.73. The summed E-state index contributed by atoms with van der Waals surface area (Å²) in [7, 11) is 3.39. The van der Waals surface area contributed by atoms with Gasteiger partial charge in [0.05, 0.1) is 29.7 Å². The number of hydrogen-bond donors (Lipinski definition) is 3. The van der Waals surface area contributed by atoms with Crippen LogP contribution in [-0.2, 0) is 13.1 Å². The average Bonchev–Trinajstić information content (AvgIpc) is 3.05. The van der Waals surface area contributed by atoms with Gasteiger partial charge in [0.15, 0.2) is 5.82 Å². The van der Waals surface area contributed by atoms with E-state index >= 15 is 0 Å². The summed E-state index contributed by atoms with van der Waals surface area (Å²) < 4.78 is 2.02. The molecule has 0 unspecified atom stereocenters. The van der Waals surface area contributed by atoms with E-state index in [2.05, 4.69) is 10.3 Å². The molecule has 3 aromatic rings. The van der Waals surface area contributed by atoms with Crippen LogP contribution in [-0.4, -0.2) is 50.3 Å². The number of urea groups is 1. The van der Waals surface area contributed by atoms with Gasteiger partial charge in [0, 0.05) is 19.5 Å². The third-order valence-corrected chi connectivity index (χ3v) is 5.73. The smallest absolute Gasteiger partial charge is 0.317 e. The Labute approximate surface area is 169 Å². The minimum absolute atomic E-state index is 0.198. The lowest BCUT2D eigenvalue weighted by atomic mass is 9.84. The van der Waals surface area contributed by atoms with Crippen molar-refractivity contribution in [2.45, 2.75) is 50.8 Å². The molecule has 4 rings (SSSR count). The summed E-state index contributed by atoms with van der Waals surface area (Å²) in [5, 5.41) is 15.1. The summed E-state index contributed by atoms with van der Waals surface area (Å²) in [5.74, 6) is 1.02. The van der Waals surface area contributed by atoms with Crippen molar-refractivity contribution in [3.8, 4) is 0 Å². The molecule has 0 aliphatic heterocycles. The number of nitrogens with one attached hydrogen (secondary N) is 1. The summed E-state index contributed by atoms with van der Waals surface area (Å²) in [5.41, 5.74) is 7.70. The Morgan fingerprint density at radius 3 is 2.69 bits per heavy atom. The standard InChI is InChI=1S/C21H28N6O2/c1-26(2)20(28)23-12-16-25-17-18(14-8-4-5-9-15(14)24-19(17)22)27(16)13-21(29)10-6-3-7-11-21/h4-5,8-9,29H,3,6-7,10-13H2,1-2H3,(H2,22,24)(H,23,28). The van der Waals surface area contributed by atoms with Crippen molar-refractivity contribution in [1.29, 1.82) is 0 Å². The molecule has 1 saturated carbocycles. The molecule has 29 heavy (non-hydrogen) atoms. The van der Waals surface area contributed by atoms with E-state index in [1.807, 2.05) is 28.8 Å². The van der Waals surface area contributed by atoms with Crippen LogP contribution in [0, 0.1) is 0 Å². The lowest BCUT2D eigenvalue weighted by molar-refractivity contribution is -0.0111. The van der Waals surface area contributed by atoms with E-state index in [4.69, 9.17) is 10.7 Å². The van der Waals surface area contributed by atoms with Crippen molar-refractivity contribution in [2.75, 3.05) is 19.8 Å². The first-order chi connectivity index (χ1) is 13.9. The van der Waals surface area contributed by atoms with Crippen LogP contribution in [0.3, 0.4) is 0 Å². The highest BCUT2D eigenvalue weighted by Crippen LogP contribution is 2.34. The van der Waals surface area contributed by atoms with Crippen LogP contribution in [0.15, 0.2) is 24.3 Å². The Kier molecular flexibility index (Phi) is 5.04. The maximum atomic E-state index is 12.1. The molecule has 1 fully saturated rings. The molecular formula is C21H28N6O2. The molecule has 1 aromatic carbocycles. The number of aromatic nitrogens is 3. The first-order valence-corrected chi connectivity index (χ1v) is 10.1. The fraction of sp³-hybridized carbons (Fsp3) is 0.476. The lowest BCUT2D eigenvalue weighted by Crippen LogP contribution is -2.38. The number of aliphatic hydroxyl groups is 1. The molecule has 2 heterocycles. The number of rotatable bonds is 4. The number of nitrogens with two attached hydrogens (primary N) is 1. The number of carbonyl (C=O) groups excluding carboxylic acids is 1. The molecule has 4 N–H and O–H groups in total. The van der Waals surface area contributed by atoms with Crippen LogP contribution in [0.2, 0.25) is 0 Å². The van der Waals surface area contributed by atoms with Crippen molar-refractivity contribution in [1.82, 2.24) is 24.8 Å². The molecule has 0 spiro atoms. The fourth-order valence-electron chi connectivity index (χ4n) is 4.19. The number of amides is 2. The van der Waals surface area contributed by atoms with E-state index in [-0.39, 0.29) is 12.6 Å². The van der Waals surface area contributed by atoms with Gasteiger partial charge in [-0.1, -0.05) is 37.5 Å². The number of pyridine rings is 1. The molecule has 0 radical (unpaired) electrons. The Hall–Kier alpha value is -2.87. The topological polar surface area (TPSA) is 109 Å². The number of imidazole rings is 1. The zero-order chi connectivity index (χ0) is 20.6. The maximum Gasteiger partial charge on any atom is 0.317 e. The van der Waals surface area contributed by atoms with E-state index in [0.717, 1.165) is 48.5 Å². The molecular weight excluding hydrogens is 368 g/mol. The predicted molar refractivity (Wildman–Crippen MR) is 113 cm³/mol. The molecule has 8 heteroatoms. The molecule has 0 saturated heterocycles. The van der Waals surface area contributed by atoms with Gasteiger partial charge in [-0.25, -0.2) is 14.8 Å². The van der Waals surface area contributed by atoms with Gasteiger partial charge in [-0.15, -0.1) is 0 Å². The second-order valence-corrected chi connectivity index (χ2v) is 8.16. The third kappa shape index (κ3) is 3.72. The Balaban J connectivity index is 1.85. The highest BCUT2D eigenvalue weighted by atomic mass is 16.3. The average molecular weight is 396 g/mol. The second-order valence-electron chi connectivity index (χ2n) is 8.16. The molecule has 2 aromatic heterocycles. The minimum Gasteiger partial charge on any atom is -0.388 e. The van der Waals surface area contributed by atoms with Crippen LogP contribution >= 0.6 is 0 Å². The molecule has 0 bridgehead atoms. The molecule has 1 aliphatic carbocycles. The SMILES string of the molecule is CN(C)C(=O)NCc1nc2c(N)nc3ccccc3c2n1CC1(O)CCCCC1. The van der Waals surface area contributed by atoms with Crippen LogP contribution in [0.1, 0.15) is 37.9 Å². The highest BCUT2D eigenvalue weighted by Gasteiger charge is 2.32. The molecule has 154 valence electrons. The summed E-state index contributed by atoms with van der Waals surface area (Å²) in [6, 6.07) is 7.60. The second kappa shape index (κ2) is 7.51. The van der Waals surface area contributed by atoms with Crippen molar-refractivity contribution < 1.29 is 9.90 Å². The van der Waals surface area contributed by atoms with Gasteiger partial charge in [0.1, 0.15) is 11.3 Å². The fourth-order valence-corrected chi connectivity index (χ4v) is 4.19. The summed E-state index contributed by atoms with van der Waals surface area (Å²) in [6.45, 7) is 0.666. The Morgan fingerprint density at radius 2 is 1.97 bits per heavy atom. The maximum absolute atomic E-state index is 12.1. The van der Waals surface area contributed by atoms with Gasteiger partial charge >= 0.3 is 6.03 Å². The van der Waals surface area contributed by atoms with E-state index < -0.39 is 5.60 Å². The number of carbonyl (C=O) groups is 1. The van der Waals surface area contributed by atoms with Gasteiger partial charge in [0.25, 0.3) is 0 Å². The van der Waals surface area contributed by atoms with Crippen molar-refractivity contribution in [3.63, 3.8) is 0 Å². The number of anilines is 1. The number of nitrogen functional groups attached to an aromatic ring is 1. The van der Waals surface area contributed by atoms with Crippen LogP contribution in [0.5, 0.6) is 0 Å². The quantitative estimate of drug-likeness (QED) is 0.628. The number of hydrogen-bond acceptors (Lipinski definition) is 5. The van der Waals surface area contributed by atoms with Crippen LogP contribution < -0.4 is 11.1 Å². The van der Waals surface area contributed by atoms with Crippen molar-refractivity contribution >= 4 is 33.8 Å². The number of nitrogens with zero attached hydrogens (tertiary/aromatic N) is 4. The lowest BCUT2D eigenvalue weighted by Gasteiger charge is -2.33. The van der Waals surface area contributed by atoms with E-state index in [1.165, 1.54) is 4.90 Å². The molecule has 0 atom stereocenters. The predicted octanol–water partition coefficient (Wildman–Crippen LogP) is 2.63. The van der Waals surface area contributed by atoms with E-state index in [1.54, 1.807) is 14.1 Å². The molecule has 8 nitrogen and oxygen atoms in total. The normalized spacial score (nSPS) is 16.2. The zero-order valence-electron chi connectivity index (χ0n) is 17.0. The Bertz CT molecular complexity index is 1050. The minimum atomic E-state index is -0.786. The van der Waals surface area contributed by atoms with Gasteiger partial charge < -0.3 is 25.6 Å². The van der Waals surface area contributed by atoms with Crippen LogP contribution in [0.4, 0.5) is 10.6 Å². The number of para-hydroxylation sites is 1. The van der Waals surface area contributed by atoms with Gasteiger partial charge in [-0.3, -0.25) is 0 Å². The first-order valence-electron chi connectivity index (χ1n) is 10.1. The monoisotopic (exact) mass is 396 g/mol. The van der Waals surface area contributed by atoms with Crippen molar-refractivity contribution in [3.05, 3.63) is 30.1 Å². The molecule has 2 amide bonds. The largest absolute Gasteiger partial charge is 0.388 e. The summed E-state index contributed by atoms with van der Waals surface area (Å²) in [4.78, 5) is 22.8. The van der Waals surface area contributed by atoms with Crippen LogP contribution in [0.25, 0.3) is 21.9 Å². The summed E-state index contributed by atoms with van der Waals surface area (Å²) in [6.07, 6.45) is 4.70. The van der Waals surface area contributed by atoms with E-state index in [0.29, 0.717) is 23.7 Å². The van der Waals surface area contributed by atoms with Gasteiger partial charge in [-0.05, 0) is 18.9 Å². The highest BCUT2D eigenvalue weighted by molar-refractivity contribution is 6.06. The summed E-state index contributed by atoms with van der Waals surface area (Å²) >= 11 is 0. The van der Waals surface area contributed by atoms with E-state index in [9.17, 15) is 9.90 Å². The number of benzene rings is 1. The zero-order valence-corrected chi connectivity index (χ0v) is 17.0. The van der Waals surface area contributed by atoms with Crippen molar-refractivity contribution in [2.24, 2.45) is 0 Å². The van der Waals surface area contributed by atoms with Gasteiger partial charge in [0.2, 0.25) is 0 Å². The molecule has 1 aliphatic rings. The first kappa shape index (κ1) is 19.4.